The fourth-order valence-corrected chi connectivity index (χ4v) is 10.6. The van der Waals surface area contributed by atoms with Gasteiger partial charge in [-0.2, -0.15) is 62.9 Å². The van der Waals surface area contributed by atoms with E-state index in [0.717, 1.165) is 17.2 Å². The minimum atomic E-state index is -4.98. The lowest BCUT2D eigenvalue weighted by Gasteiger charge is -2.46. The van der Waals surface area contributed by atoms with Crippen molar-refractivity contribution in [3.05, 3.63) is 188 Å². The first-order valence-electron chi connectivity index (χ1n) is 24.5. The van der Waals surface area contributed by atoms with Gasteiger partial charge in [0.25, 0.3) is 0 Å². The van der Waals surface area contributed by atoms with Crippen molar-refractivity contribution in [2.24, 2.45) is 0 Å². The maximum Gasteiger partial charge on any atom is 0.416 e. The number of alkyl halides is 12. The van der Waals surface area contributed by atoms with Crippen molar-refractivity contribution in [1.82, 2.24) is 29.5 Å². The van der Waals surface area contributed by atoms with Crippen molar-refractivity contribution in [1.29, 1.82) is 0 Å². The standard InChI is InChI=1S/C28H27F6N3O3.C26H27F6N3O3/c1-3-23(38)26(37-17-35-36-24(37)39)11-9-25(10-12-26,20-7-5-4-6-8-20)16-40-18(2)19-13-21(27(29,30)31)15-22(14-19)28(32,33)34;1-17(18-11-20(25(27,28)29)13-21(12-18)26(30,31)32)38-15-23(19-5-3-2-4-6-19)7-9-24(14-36,10-8-23)35-16-33-34-22(35)37/h3-8,13-15,17-18H,1,9-12,16H2,2H3,(H,36,39);2-6,11-13,16-17,36H,7-10,14-15H2,1H3,(H,34,37)/t18-,25?,26?;17-,23?,24?/m11/s1. The lowest BCUT2D eigenvalue weighted by molar-refractivity contribution is -0.145. The van der Waals surface area contributed by atoms with E-state index in [2.05, 4.69) is 27.0 Å². The van der Waals surface area contributed by atoms with Crippen LogP contribution in [0.4, 0.5) is 52.7 Å². The fraction of sp³-hybridized carbons (Fsp3) is 0.426. The van der Waals surface area contributed by atoms with Crippen molar-refractivity contribution < 1.29 is 72.1 Å². The van der Waals surface area contributed by atoms with Crippen LogP contribution in [0.25, 0.3) is 0 Å². The molecule has 2 aliphatic rings. The summed E-state index contributed by atoms with van der Waals surface area (Å²) in [5, 5.41) is 22.3. The number of aliphatic hydroxyl groups excluding tert-OH is 1. The largest absolute Gasteiger partial charge is 0.416 e. The Kier molecular flexibility index (Phi) is 17.0. The van der Waals surface area contributed by atoms with Gasteiger partial charge in [0.1, 0.15) is 18.2 Å². The predicted molar refractivity (Wildman–Crippen MR) is 259 cm³/mol. The average Bonchev–Trinajstić information content (AvgIpc) is 4.14. The van der Waals surface area contributed by atoms with Gasteiger partial charge >= 0.3 is 36.1 Å². The number of ketones is 1. The summed E-state index contributed by atoms with van der Waals surface area (Å²) >= 11 is 0. The van der Waals surface area contributed by atoms with Crippen LogP contribution < -0.4 is 11.4 Å². The first kappa shape index (κ1) is 58.9. The molecule has 2 fully saturated rings. The Hall–Kier alpha value is -6.79. The number of carbonyl (C=O) groups excluding carboxylic acids is 1. The normalized spacial score (nSPS) is 23.0. The second kappa shape index (κ2) is 22.5. The van der Waals surface area contributed by atoms with Gasteiger partial charge in [-0.25, -0.2) is 19.8 Å². The van der Waals surface area contributed by atoms with Crippen LogP contribution in [0.1, 0.15) is 122 Å². The Labute approximate surface area is 438 Å². The van der Waals surface area contributed by atoms with Crippen LogP contribution in [0.3, 0.4) is 0 Å². The van der Waals surface area contributed by atoms with E-state index in [4.69, 9.17) is 9.47 Å². The first-order valence-corrected chi connectivity index (χ1v) is 24.5. The van der Waals surface area contributed by atoms with Gasteiger partial charge in [-0.1, -0.05) is 67.2 Å². The highest BCUT2D eigenvalue weighted by Gasteiger charge is 2.50. The van der Waals surface area contributed by atoms with Crippen molar-refractivity contribution in [2.75, 3.05) is 19.8 Å². The van der Waals surface area contributed by atoms with Gasteiger partial charge in [-0.05, 0) is 130 Å². The minimum absolute atomic E-state index is 0.0115. The van der Waals surface area contributed by atoms with E-state index in [1.807, 2.05) is 42.5 Å². The highest BCUT2D eigenvalue weighted by molar-refractivity contribution is 5.96. The summed E-state index contributed by atoms with van der Waals surface area (Å²) < 4.78 is 175. The number of allylic oxidation sites excluding steroid dienone is 1. The van der Waals surface area contributed by atoms with E-state index in [1.54, 1.807) is 18.2 Å². The highest BCUT2D eigenvalue weighted by Crippen LogP contribution is 2.49. The van der Waals surface area contributed by atoms with Gasteiger partial charge in [0.15, 0.2) is 5.78 Å². The molecule has 0 bridgehead atoms. The van der Waals surface area contributed by atoms with E-state index in [0.29, 0.717) is 62.8 Å². The summed E-state index contributed by atoms with van der Waals surface area (Å²) in [5.41, 5.74) is -8.92. The zero-order chi connectivity index (χ0) is 57.1. The van der Waals surface area contributed by atoms with Crippen molar-refractivity contribution in [3.8, 4) is 0 Å². The highest BCUT2D eigenvalue weighted by atomic mass is 19.4. The van der Waals surface area contributed by atoms with Crippen LogP contribution in [-0.4, -0.2) is 60.2 Å². The van der Waals surface area contributed by atoms with E-state index in [-0.39, 0.29) is 61.7 Å². The van der Waals surface area contributed by atoms with E-state index < -0.39 is 92.5 Å². The molecule has 24 heteroatoms. The Morgan fingerprint density at radius 2 is 0.936 bits per heavy atom. The van der Waals surface area contributed by atoms with Crippen molar-refractivity contribution in [3.63, 3.8) is 0 Å². The lowest BCUT2D eigenvalue weighted by atomic mass is 9.63. The van der Waals surface area contributed by atoms with Crippen LogP contribution in [0.15, 0.2) is 132 Å². The second-order valence-electron chi connectivity index (χ2n) is 19.9. The van der Waals surface area contributed by atoms with Crippen LogP contribution in [0, 0.1) is 0 Å². The molecular weight excluding hydrogens is 1060 g/mol. The molecule has 78 heavy (non-hydrogen) atoms. The van der Waals surface area contributed by atoms with E-state index in [9.17, 15) is 72.2 Å². The number of rotatable bonds is 15. The smallest absolute Gasteiger partial charge is 0.394 e. The number of nitrogens with zero attached hydrogens (tertiary/aromatic N) is 4. The predicted octanol–water partition coefficient (Wildman–Crippen LogP) is 11.9. The third-order valence-electron chi connectivity index (χ3n) is 15.3. The number of halogens is 12. The van der Waals surface area contributed by atoms with Gasteiger partial charge in [0.2, 0.25) is 0 Å². The number of hydrogen-bond acceptors (Lipinski definition) is 8. The zero-order valence-electron chi connectivity index (χ0n) is 41.9. The molecule has 6 aromatic rings. The number of nitrogens with one attached hydrogen (secondary N) is 2. The molecule has 0 aliphatic heterocycles. The molecule has 2 aromatic heterocycles. The van der Waals surface area contributed by atoms with Crippen LogP contribution in [0.5, 0.6) is 0 Å². The van der Waals surface area contributed by atoms with E-state index in [1.165, 1.54) is 35.6 Å². The molecule has 2 saturated carbocycles. The summed E-state index contributed by atoms with van der Waals surface area (Å²) in [5.74, 6) is -0.365. The maximum absolute atomic E-state index is 13.4. The molecule has 420 valence electrons. The molecule has 0 radical (unpaired) electrons. The quantitative estimate of drug-likeness (QED) is 0.0678. The molecule has 3 N–H and O–H groups in total. The number of aromatic nitrogens is 6. The summed E-state index contributed by atoms with van der Waals surface area (Å²) in [6.07, 6.45) is -15.6. The number of aliphatic hydroxyl groups is 1. The first-order chi connectivity index (χ1) is 36.5. The Morgan fingerprint density at radius 1 is 0.590 bits per heavy atom. The third-order valence-corrected chi connectivity index (χ3v) is 15.3. The third kappa shape index (κ3) is 12.5. The van der Waals surface area contributed by atoms with Crippen molar-refractivity contribution in [2.45, 2.75) is 124 Å². The lowest BCUT2D eigenvalue weighted by Crippen LogP contribution is -2.52. The van der Waals surface area contributed by atoms with Gasteiger partial charge in [0, 0.05) is 10.8 Å². The molecular formula is C54H54F12N6O6. The summed E-state index contributed by atoms with van der Waals surface area (Å²) in [6, 6.07) is 21.2. The SMILES string of the molecule is C=CC(=O)C1(n2cn[nH]c2=O)CCC(CO[C@H](C)c2cc(C(F)(F)F)cc(C(F)(F)F)c2)(c2ccccc2)CC1.C[C@@H](OCC1(c2ccccc2)CCC(CO)(n2cn[nH]c2=O)CC1)c1cc(C(F)(F)F)cc(C(F)(F)F)c1. The topological polar surface area (TPSA) is 157 Å². The van der Waals surface area contributed by atoms with Crippen LogP contribution in [0.2, 0.25) is 0 Å². The number of carbonyl (C=O) groups is 1. The number of hydrogen-bond donors (Lipinski definition) is 3. The Morgan fingerprint density at radius 3 is 1.24 bits per heavy atom. The molecule has 8 rings (SSSR count). The zero-order valence-corrected chi connectivity index (χ0v) is 41.9. The second-order valence-corrected chi connectivity index (χ2v) is 19.9. The fourth-order valence-electron chi connectivity index (χ4n) is 10.6. The number of ether oxygens (including phenoxy) is 2. The molecule has 0 unspecified atom stereocenters. The average molecular weight is 1110 g/mol. The Bertz CT molecular complexity index is 3060. The van der Waals surface area contributed by atoms with Crippen molar-refractivity contribution >= 4 is 5.78 Å². The molecule has 2 aliphatic carbocycles. The number of benzene rings is 4. The number of aromatic amines is 2. The van der Waals surface area contributed by atoms with Crippen LogP contribution >= 0.6 is 0 Å². The monoisotopic (exact) mass is 1110 g/mol. The minimum Gasteiger partial charge on any atom is -0.394 e. The van der Waals surface area contributed by atoms with E-state index >= 15 is 0 Å². The molecule has 12 nitrogen and oxygen atoms in total. The summed E-state index contributed by atoms with van der Waals surface area (Å²) in [7, 11) is 0. The maximum atomic E-state index is 13.4. The summed E-state index contributed by atoms with van der Waals surface area (Å²) in [6.45, 7) is 6.05. The summed E-state index contributed by atoms with van der Waals surface area (Å²) in [4.78, 5) is 37.7. The van der Waals surface area contributed by atoms with Gasteiger partial charge < -0.3 is 14.6 Å². The number of H-pyrrole nitrogens is 2. The molecule has 2 atom stereocenters. The molecule has 4 aromatic carbocycles. The molecule has 2 heterocycles. The van der Waals surface area contributed by atoms with Gasteiger partial charge in [-0.15, -0.1) is 0 Å². The Balaban J connectivity index is 0.000000226. The molecule has 0 spiro atoms. The molecule has 0 amide bonds. The molecule has 0 saturated heterocycles. The van der Waals surface area contributed by atoms with Gasteiger partial charge in [-0.3, -0.25) is 13.9 Å². The van der Waals surface area contributed by atoms with Crippen LogP contribution in [-0.2, 0) is 60.9 Å². The van der Waals surface area contributed by atoms with Gasteiger partial charge in [0.05, 0.1) is 59.8 Å².